The van der Waals surface area contributed by atoms with Crippen LogP contribution in [-0.4, -0.2) is 47.0 Å². The Balaban J connectivity index is 1.39. The number of ether oxygens (including phenoxy) is 1. The van der Waals surface area contributed by atoms with Crippen LogP contribution in [0.25, 0.3) is 10.2 Å². The van der Waals surface area contributed by atoms with E-state index < -0.39 is 0 Å². The molecule has 1 fully saturated rings. The van der Waals surface area contributed by atoms with Crippen molar-refractivity contribution >= 4 is 38.3 Å². The van der Waals surface area contributed by atoms with Crippen molar-refractivity contribution in [3.05, 3.63) is 35.2 Å². The summed E-state index contributed by atoms with van der Waals surface area (Å²) in [6.07, 6.45) is 1.14. The number of amides is 1. The van der Waals surface area contributed by atoms with Gasteiger partial charge in [0.05, 0.1) is 29.1 Å². The van der Waals surface area contributed by atoms with E-state index in [9.17, 15) is 4.79 Å². The molecule has 1 saturated heterocycles. The van der Waals surface area contributed by atoms with Gasteiger partial charge in [0.15, 0.2) is 5.13 Å². The van der Waals surface area contributed by atoms with Crippen molar-refractivity contribution in [3.8, 4) is 0 Å². The molecule has 2 aromatic heterocycles. The van der Waals surface area contributed by atoms with Gasteiger partial charge in [-0.2, -0.15) is 5.10 Å². The average molecular weight is 442 g/mol. The Labute approximate surface area is 187 Å². The van der Waals surface area contributed by atoms with E-state index in [0.29, 0.717) is 18.8 Å². The predicted octanol–water partition coefficient (Wildman–Crippen LogP) is 4.17. The van der Waals surface area contributed by atoms with E-state index in [1.807, 2.05) is 25.1 Å². The molecule has 0 saturated carbocycles. The summed E-state index contributed by atoms with van der Waals surface area (Å²) < 4.78 is 8.58. The quantitative estimate of drug-likeness (QED) is 0.596. The third-order valence-corrected chi connectivity index (χ3v) is 6.69. The number of nitrogens with zero attached hydrogens (tertiary/aromatic N) is 4. The topological polar surface area (TPSA) is 72.3 Å². The van der Waals surface area contributed by atoms with Gasteiger partial charge in [0.1, 0.15) is 0 Å². The molecule has 0 aliphatic carbocycles. The van der Waals surface area contributed by atoms with Gasteiger partial charge in [0, 0.05) is 37.4 Å². The van der Waals surface area contributed by atoms with Crippen molar-refractivity contribution in [2.75, 3.05) is 36.5 Å². The van der Waals surface area contributed by atoms with Gasteiger partial charge in [-0.05, 0) is 49.9 Å². The Morgan fingerprint density at radius 1 is 1.26 bits per heavy atom. The summed E-state index contributed by atoms with van der Waals surface area (Å²) in [5.41, 5.74) is 5.16. The number of hydrogen-bond acceptors (Lipinski definition) is 6. The number of aromatic nitrogens is 3. The van der Waals surface area contributed by atoms with E-state index in [4.69, 9.17) is 9.72 Å². The van der Waals surface area contributed by atoms with Crippen molar-refractivity contribution in [3.63, 3.8) is 0 Å². The highest BCUT2D eigenvalue weighted by atomic mass is 32.1. The fourth-order valence-corrected chi connectivity index (χ4v) is 5.02. The number of anilines is 2. The lowest BCUT2D eigenvalue weighted by atomic mass is 10.1. The predicted molar refractivity (Wildman–Crippen MR) is 126 cm³/mol. The molecule has 1 aromatic carbocycles. The first-order valence-corrected chi connectivity index (χ1v) is 11.8. The van der Waals surface area contributed by atoms with Crippen LogP contribution in [0.1, 0.15) is 37.2 Å². The Hall–Kier alpha value is -2.45. The number of morpholine rings is 1. The number of hydrogen-bond donors (Lipinski definition) is 1. The van der Waals surface area contributed by atoms with E-state index in [1.54, 1.807) is 11.3 Å². The van der Waals surface area contributed by atoms with E-state index in [0.717, 1.165) is 59.6 Å². The van der Waals surface area contributed by atoms with Gasteiger partial charge in [0.2, 0.25) is 5.91 Å². The van der Waals surface area contributed by atoms with Gasteiger partial charge < -0.3 is 15.0 Å². The minimum absolute atomic E-state index is 0.0210. The standard InChI is InChI=1S/C23H31N5O2S/c1-15(2)14-28-17(4)19(16(3)26-28)6-8-22(29)24-18-5-7-20-21(13-18)31-23(25-20)27-9-11-30-12-10-27/h5,7,13,15H,6,8-12,14H2,1-4H3,(H,24,29). The zero-order valence-corrected chi connectivity index (χ0v) is 19.6. The van der Waals surface area contributed by atoms with Crippen molar-refractivity contribution < 1.29 is 9.53 Å². The van der Waals surface area contributed by atoms with Crippen LogP contribution in [0.4, 0.5) is 10.8 Å². The molecule has 1 aliphatic rings. The average Bonchev–Trinajstić information content (AvgIpc) is 3.27. The molecule has 0 atom stereocenters. The van der Waals surface area contributed by atoms with Gasteiger partial charge >= 0.3 is 0 Å². The van der Waals surface area contributed by atoms with Crippen LogP contribution in [0, 0.1) is 19.8 Å². The molecule has 4 rings (SSSR count). The van der Waals surface area contributed by atoms with Gasteiger partial charge in [-0.25, -0.2) is 4.98 Å². The lowest BCUT2D eigenvalue weighted by molar-refractivity contribution is -0.116. The second-order valence-corrected chi connectivity index (χ2v) is 9.56. The molecule has 31 heavy (non-hydrogen) atoms. The molecule has 166 valence electrons. The Kier molecular flexibility index (Phi) is 6.57. The Morgan fingerprint density at radius 2 is 2.03 bits per heavy atom. The molecule has 0 spiro atoms. The normalized spacial score (nSPS) is 14.5. The van der Waals surface area contributed by atoms with Crippen molar-refractivity contribution in [2.24, 2.45) is 5.92 Å². The molecular formula is C23H31N5O2S. The van der Waals surface area contributed by atoms with Crippen LogP contribution in [-0.2, 0) is 22.5 Å². The van der Waals surface area contributed by atoms with E-state index in [-0.39, 0.29) is 5.91 Å². The van der Waals surface area contributed by atoms with Gasteiger partial charge in [-0.3, -0.25) is 9.48 Å². The molecule has 3 heterocycles. The SMILES string of the molecule is Cc1nn(CC(C)C)c(C)c1CCC(=O)Nc1ccc2nc(N3CCOCC3)sc2c1. The number of carbonyl (C=O) groups is 1. The zero-order chi connectivity index (χ0) is 22.0. The van der Waals surface area contributed by atoms with Crippen molar-refractivity contribution in [1.82, 2.24) is 14.8 Å². The smallest absolute Gasteiger partial charge is 0.224 e. The summed E-state index contributed by atoms with van der Waals surface area (Å²) in [7, 11) is 0. The molecule has 0 radical (unpaired) electrons. The number of aryl methyl sites for hydroxylation is 1. The third-order valence-electron chi connectivity index (χ3n) is 5.61. The zero-order valence-electron chi connectivity index (χ0n) is 18.8. The summed E-state index contributed by atoms with van der Waals surface area (Å²) in [6, 6.07) is 5.93. The first-order chi connectivity index (χ1) is 14.9. The maximum absolute atomic E-state index is 12.6. The number of nitrogens with one attached hydrogen (secondary N) is 1. The minimum atomic E-state index is 0.0210. The molecule has 1 amide bonds. The number of benzene rings is 1. The second-order valence-electron chi connectivity index (χ2n) is 8.55. The van der Waals surface area contributed by atoms with Crippen LogP contribution >= 0.6 is 11.3 Å². The highest BCUT2D eigenvalue weighted by Gasteiger charge is 2.17. The van der Waals surface area contributed by atoms with Crippen molar-refractivity contribution in [2.45, 2.75) is 47.1 Å². The largest absolute Gasteiger partial charge is 0.378 e. The van der Waals surface area contributed by atoms with E-state index in [1.165, 1.54) is 11.3 Å². The molecule has 3 aromatic rings. The van der Waals surface area contributed by atoms with Crippen LogP contribution in [0.15, 0.2) is 18.2 Å². The number of thiazole rings is 1. The van der Waals surface area contributed by atoms with Gasteiger partial charge in [-0.1, -0.05) is 25.2 Å². The Morgan fingerprint density at radius 3 is 2.77 bits per heavy atom. The van der Waals surface area contributed by atoms with E-state index >= 15 is 0 Å². The molecule has 1 aliphatic heterocycles. The highest BCUT2D eigenvalue weighted by Crippen LogP contribution is 2.31. The lowest BCUT2D eigenvalue weighted by Gasteiger charge is -2.25. The number of carbonyl (C=O) groups excluding carboxylic acids is 1. The van der Waals surface area contributed by atoms with Gasteiger partial charge in [0.25, 0.3) is 0 Å². The molecular weight excluding hydrogens is 410 g/mol. The highest BCUT2D eigenvalue weighted by molar-refractivity contribution is 7.22. The van der Waals surface area contributed by atoms with E-state index in [2.05, 4.69) is 40.8 Å². The second kappa shape index (κ2) is 9.36. The summed E-state index contributed by atoms with van der Waals surface area (Å²) in [5, 5.41) is 8.72. The van der Waals surface area contributed by atoms with Gasteiger partial charge in [-0.15, -0.1) is 0 Å². The summed E-state index contributed by atoms with van der Waals surface area (Å²) in [6.45, 7) is 12.6. The molecule has 0 bridgehead atoms. The number of rotatable bonds is 7. The first-order valence-electron chi connectivity index (χ1n) is 11.0. The molecule has 1 N–H and O–H groups in total. The molecule has 8 heteroatoms. The lowest BCUT2D eigenvalue weighted by Crippen LogP contribution is -2.36. The first kappa shape index (κ1) is 21.8. The summed E-state index contributed by atoms with van der Waals surface area (Å²) in [5.74, 6) is 0.562. The minimum Gasteiger partial charge on any atom is -0.378 e. The molecule has 7 nitrogen and oxygen atoms in total. The van der Waals surface area contributed by atoms with Crippen LogP contribution in [0.3, 0.4) is 0 Å². The van der Waals surface area contributed by atoms with Crippen molar-refractivity contribution in [1.29, 1.82) is 0 Å². The maximum atomic E-state index is 12.6. The fourth-order valence-electron chi connectivity index (χ4n) is 3.96. The number of fused-ring (bicyclic) bond motifs is 1. The molecule has 0 unspecified atom stereocenters. The monoisotopic (exact) mass is 441 g/mol. The Bertz CT molecular complexity index is 1070. The summed E-state index contributed by atoms with van der Waals surface area (Å²) in [4.78, 5) is 19.6. The third kappa shape index (κ3) is 5.07. The van der Waals surface area contributed by atoms with Crippen LogP contribution in [0.5, 0.6) is 0 Å². The van der Waals surface area contributed by atoms with Crippen LogP contribution < -0.4 is 10.2 Å². The fraction of sp³-hybridized carbons (Fsp3) is 0.522. The van der Waals surface area contributed by atoms with Crippen LogP contribution in [0.2, 0.25) is 0 Å². The maximum Gasteiger partial charge on any atom is 0.224 e. The summed E-state index contributed by atoms with van der Waals surface area (Å²) >= 11 is 1.66.